The van der Waals surface area contributed by atoms with Gasteiger partial charge in [0.25, 0.3) is 5.89 Å². The molecule has 0 radical (unpaired) electrons. The van der Waals surface area contributed by atoms with E-state index in [1.54, 1.807) is 18.3 Å². The minimum atomic E-state index is -0.482. The molecule has 23 heavy (non-hydrogen) atoms. The van der Waals surface area contributed by atoms with E-state index in [9.17, 15) is 5.11 Å². The van der Waals surface area contributed by atoms with E-state index in [-0.39, 0.29) is 0 Å². The first kappa shape index (κ1) is 14.6. The summed E-state index contributed by atoms with van der Waals surface area (Å²) in [6.45, 7) is 3.18. The second-order valence-corrected chi connectivity index (χ2v) is 6.72. The average molecular weight is 328 g/mol. The fraction of sp³-hybridized carbons (Fsp3) is 0.294. The molecule has 1 unspecified atom stereocenters. The fourth-order valence-electron chi connectivity index (χ4n) is 2.60. The molecule has 1 aromatic carbocycles. The minimum Gasteiger partial charge on any atom is -0.389 e. The normalized spacial score (nSPS) is 15.4. The van der Waals surface area contributed by atoms with Crippen molar-refractivity contribution in [2.75, 3.05) is 6.61 Å². The number of hydrogen-bond donors (Lipinski definition) is 1. The monoisotopic (exact) mass is 328 g/mol. The number of hydrogen-bond acceptors (Lipinski definition) is 6. The van der Waals surface area contributed by atoms with Crippen LogP contribution in [0.4, 0.5) is 0 Å². The van der Waals surface area contributed by atoms with Crippen LogP contribution in [0, 0.1) is 0 Å². The van der Waals surface area contributed by atoms with Gasteiger partial charge in [0.1, 0.15) is 0 Å². The summed E-state index contributed by atoms with van der Waals surface area (Å²) in [5.74, 6) is 1.10. The van der Waals surface area contributed by atoms with Gasteiger partial charge in [-0.15, -0.1) is 11.3 Å². The van der Waals surface area contributed by atoms with E-state index in [4.69, 9.17) is 9.26 Å². The molecular formula is C17H16N2O3S. The van der Waals surface area contributed by atoms with Gasteiger partial charge in [0.15, 0.2) is 0 Å². The van der Waals surface area contributed by atoms with E-state index >= 15 is 0 Å². The van der Waals surface area contributed by atoms with Crippen molar-refractivity contribution in [2.45, 2.75) is 26.1 Å². The largest absolute Gasteiger partial charge is 0.389 e. The van der Waals surface area contributed by atoms with E-state index < -0.39 is 6.10 Å². The van der Waals surface area contributed by atoms with Crippen LogP contribution >= 0.6 is 11.3 Å². The Kier molecular flexibility index (Phi) is 3.72. The van der Waals surface area contributed by atoms with Crippen LogP contribution in [0.1, 0.15) is 29.0 Å². The topological polar surface area (TPSA) is 68.4 Å². The molecule has 1 aliphatic heterocycles. The lowest BCUT2D eigenvalue weighted by Gasteiger charge is -2.10. The summed E-state index contributed by atoms with van der Waals surface area (Å²) < 4.78 is 10.9. The maximum absolute atomic E-state index is 9.56. The lowest BCUT2D eigenvalue weighted by molar-refractivity contribution is 0.112. The number of ether oxygens (including phenoxy) is 1. The number of aliphatic hydroxyl groups is 1. The zero-order chi connectivity index (χ0) is 15.8. The first-order valence-electron chi connectivity index (χ1n) is 7.52. The zero-order valence-electron chi connectivity index (χ0n) is 12.7. The van der Waals surface area contributed by atoms with Gasteiger partial charge in [-0.1, -0.05) is 29.4 Å². The average Bonchev–Trinajstić information content (AvgIpc) is 3.21. The van der Waals surface area contributed by atoms with Crippen LogP contribution in [-0.2, 0) is 17.8 Å². The molecule has 6 heteroatoms. The van der Waals surface area contributed by atoms with Gasteiger partial charge in [0, 0.05) is 16.9 Å². The lowest BCUT2D eigenvalue weighted by atomic mass is 10.1. The Morgan fingerprint density at radius 2 is 2.09 bits per heavy atom. The van der Waals surface area contributed by atoms with Gasteiger partial charge in [-0.05, 0) is 24.1 Å². The van der Waals surface area contributed by atoms with Gasteiger partial charge < -0.3 is 14.4 Å². The maximum atomic E-state index is 9.56. The molecule has 0 amide bonds. The quantitative estimate of drug-likeness (QED) is 0.796. The third-order valence-corrected chi connectivity index (χ3v) is 5.14. The maximum Gasteiger partial charge on any atom is 0.268 e. The Balaban J connectivity index is 1.62. The summed E-state index contributed by atoms with van der Waals surface area (Å²) in [6.07, 6.45) is 0.464. The molecule has 3 aromatic rings. The summed E-state index contributed by atoms with van der Waals surface area (Å²) in [7, 11) is 0. The predicted octanol–water partition coefficient (Wildman–Crippen LogP) is 3.59. The van der Waals surface area contributed by atoms with E-state index in [1.165, 1.54) is 10.4 Å². The van der Waals surface area contributed by atoms with E-state index in [0.717, 1.165) is 29.0 Å². The number of thiophene rings is 1. The van der Waals surface area contributed by atoms with Crippen molar-refractivity contribution in [1.82, 2.24) is 10.1 Å². The van der Waals surface area contributed by atoms with Crippen LogP contribution < -0.4 is 0 Å². The van der Waals surface area contributed by atoms with Crippen LogP contribution in [0.15, 0.2) is 34.9 Å². The standard InChI is InChI=1S/C17H16N2O3S/c1-10(20)11-2-4-12(5-3-11)16-18-17(22-19-16)15-8-13-9-21-7-6-14(13)23-15/h2-5,8,10,20H,6-7,9H2,1H3. The number of aliphatic hydroxyl groups excluding tert-OH is 1. The predicted molar refractivity (Wildman–Crippen MR) is 87.0 cm³/mol. The number of fused-ring (bicyclic) bond motifs is 1. The molecule has 2 aromatic heterocycles. The number of nitrogens with zero attached hydrogens (tertiary/aromatic N) is 2. The van der Waals surface area contributed by atoms with Gasteiger partial charge in [0.05, 0.1) is 24.2 Å². The smallest absolute Gasteiger partial charge is 0.268 e. The lowest BCUT2D eigenvalue weighted by Crippen LogP contribution is -2.05. The molecule has 1 atom stereocenters. The van der Waals surface area contributed by atoms with Gasteiger partial charge in [-0.2, -0.15) is 4.98 Å². The highest BCUT2D eigenvalue weighted by molar-refractivity contribution is 7.15. The van der Waals surface area contributed by atoms with Gasteiger partial charge in [-0.3, -0.25) is 0 Å². The Morgan fingerprint density at radius 1 is 1.26 bits per heavy atom. The number of rotatable bonds is 3. The zero-order valence-corrected chi connectivity index (χ0v) is 13.5. The van der Waals surface area contributed by atoms with Crippen LogP contribution in [-0.4, -0.2) is 21.9 Å². The molecule has 0 saturated heterocycles. The number of aromatic nitrogens is 2. The second kappa shape index (κ2) is 5.88. The first-order chi connectivity index (χ1) is 11.2. The molecule has 3 heterocycles. The van der Waals surface area contributed by atoms with Crippen molar-refractivity contribution in [2.24, 2.45) is 0 Å². The van der Waals surface area contributed by atoms with Gasteiger partial charge in [0.2, 0.25) is 5.82 Å². The summed E-state index contributed by atoms with van der Waals surface area (Å²) in [5, 5.41) is 13.6. The molecule has 1 N–H and O–H groups in total. The molecular weight excluding hydrogens is 312 g/mol. The SMILES string of the molecule is CC(O)c1ccc(-c2noc(-c3cc4c(s3)CCOC4)n2)cc1. The van der Waals surface area contributed by atoms with Crippen LogP contribution in [0.2, 0.25) is 0 Å². The molecule has 0 aliphatic carbocycles. The number of benzene rings is 1. The van der Waals surface area contributed by atoms with Crippen molar-refractivity contribution in [3.8, 4) is 22.2 Å². The highest BCUT2D eigenvalue weighted by Crippen LogP contribution is 2.34. The van der Waals surface area contributed by atoms with Crippen molar-refractivity contribution in [1.29, 1.82) is 0 Å². The summed E-state index contributed by atoms with van der Waals surface area (Å²) in [4.78, 5) is 6.82. The Morgan fingerprint density at radius 3 is 2.83 bits per heavy atom. The third kappa shape index (κ3) is 2.81. The van der Waals surface area contributed by atoms with Crippen molar-refractivity contribution >= 4 is 11.3 Å². The van der Waals surface area contributed by atoms with Gasteiger partial charge >= 0.3 is 0 Å². The summed E-state index contributed by atoms with van der Waals surface area (Å²) in [6, 6.07) is 9.61. The van der Waals surface area contributed by atoms with E-state index in [1.807, 2.05) is 24.3 Å². The highest BCUT2D eigenvalue weighted by atomic mass is 32.1. The van der Waals surface area contributed by atoms with Crippen molar-refractivity contribution in [3.63, 3.8) is 0 Å². The van der Waals surface area contributed by atoms with E-state index in [0.29, 0.717) is 18.3 Å². The molecule has 0 bridgehead atoms. The van der Waals surface area contributed by atoms with Crippen molar-refractivity contribution in [3.05, 3.63) is 46.3 Å². The molecule has 0 saturated carbocycles. The molecule has 0 fully saturated rings. The van der Waals surface area contributed by atoms with Crippen molar-refractivity contribution < 1.29 is 14.4 Å². The highest BCUT2D eigenvalue weighted by Gasteiger charge is 2.18. The fourth-order valence-corrected chi connectivity index (χ4v) is 3.68. The Hall–Kier alpha value is -2.02. The van der Waals surface area contributed by atoms with E-state index in [2.05, 4.69) is 16.2 Å². The molecule has 5 nitrogen and oxygen atoms in total. The van der Waals surface area contributed by atoms with Crippen LogP contribution in [0.5, 0.6) is 0 Å². The Bertz CT molecular complexity index is 797. The Labute approximate surface area is 137 Å². The van der Waals surface area contributed by atoms with Crippen LogP contribution in [0.3, 0.4) is 0 Å². The molecule has 1 aliphatic rings. The third-order valence-electron chi connectivity index (χ3n) is 3.92. The minimum absolute atomic E-state index is 0.482. The first-order valence-corrected chi connectivity index (χ1v) is 8.34. The molecule has 118 valence electrons. The second-order valence-electron chi connectivity index (χ2n) is 5.58. The summed E-state index contributed by atoms with van der Waals surface area (Å²) in [5.41, 5.74) is 2.95. The molecule has 4 rings (SSSR count). The summed E-state index contributed by atoms with van der Waals surface area (Å²) >= 11 is 1.69. The van der Waals surface area contributed by atoms with Crippen LogP contribution in [0.25, 0.3) is 22.2 Å². The molecule has 0 spiro atoms. The van der Waals surface area contributed by atoms with Gasteiger partial charge in [-0.25, -0.2) is 0 Å².